The monoisotopic (exact) mass is 450 g/mol. The molecule has 5 rings (SSSR count). The molecular formula is C21H24F2N4O3S. The van der Waals surface area contributed by atoms with Crippen molar-refractivity contribution in [1.29, 1.82) is 0 Å². The Hall–Kier alpha value is -2.17. The third-order valence-corrected chi connectivity index (χ3v) is 7.64. The number of fused-ring (bicyclic) bond motifs is 2. The van der Waals surface area contributed by atoms with Crippen LogP contribution in [0.5, 0.6) is 0 Å². The van der Waals surface area contributed by atoms with Gasteiger partial charge in [-0.3, -0.25) is 0 Å². The Kier molecular flexibility index (Phi) is 4.62. The number of rotatable bonds is 4. The number of anilines is 1. The molecule has 0 bridgehead atoms. The normalized spacial score (nSPS) is 26.5. The molecule has 166 valence electrons. The van der Waals surface area contributed by atoms with Crippen molar-refractivity contribution in [2.24, 2.45) is 5.14 Å². The molecule has 10 heteroatoms. The van der Waals surface area contributed by atoms with Crippen molar-refractivity contribution in [3.05, 3.63) is 40.6 Å². The standard InChI is InChI=1S/C21H24F2N4O3S/c1-11-17(28)9-27(11)20-25-18(15-6-7-21(22,23)19(15)26-20)13-4-2-12-3-5-14(16(12)8-13)10-31(24,29)30/h2,4,8,11,14,17,28H,3,5-7,9-10H2,1H3,(H2,24,29,30)/t11-,14-,17+/m0/s1. The highest BCUT2D eigenvalue weighted by Gasteiger charge is 2.45. The number of primary sulfonamides is 1. The van der Waals surface area contributed by atoms with Crippen molar-refractivity contribution in [1.82, 2.24) is 9.97 Å². The summed E-state index contributed by atoms with van der Waals surface area (Å²) in [7, 11) is -3.63. The first-order chi connectivity index (χ1) is 14.5. The van der Waals surface area contributed by atoms with E-state index in [1.54, 1.807) is 11.8 Å². The van der Waals surface area contributed by atoms with Crippen LogP contribution in [0.25, 0.3) is 11.3 Å². The Bertz CT molecular complexity index is 1170. The van der Waals surface area contributed by atoms with E-state index in [0.29, 0.717) is 29.8 Å². The van der Waals surface area contributed by atoms with Crippen LogP contribution in [-0.4, -0.2) is 47.9 Å². The summed E-state index contributed by atoms with van der Waals surface area (Å²) in [4.78, 5) is 10.6. The molecule has 1 aromatic carbocycles. The van der Waals surface area contributed by atoms with Gasteiger partial charge in [0, 0.05) is 24.1 Å². The number of aliphatic hydroxyl groups excluding tert-OH is 1. The van der Waals surface area contributed by atoms with Gasteiger partial charge >= 0.3 is 0 Å². The molecule has 2 aromatic rings. The summed E-state index contributed by atoms with van der Waals surface area (Å²) in [6.45, 7) is 2.10. The van der Waals surface area contributed by atoms with E-state index in [1.165, 1.54) is 0 Å². The Morgan fingerprint density at radius 3 is 2.74 bits per heavy atom. The quantitative estimate of drug-likeness (QED) is 0.738. The van der Waals surface area contributed by atoms with Crippen LogP contribution in [0.3, 0.4) is 0 Å². The van der Waals surface area contributed by atoms with E-state index in [9.17, 15) is 22.3 Å². The van der Waals surface area contributed by atoms with E-state index < -0.39 is 22.0 Å². The molecule has 3 N–H and O–H groups in total. The number of aromatic nitrogens is 2. The van der Waals surface area contributed by atoms with Gasteiger partial charge in [-0.1, -0.05) is 12.1 Å². The van der Waals surface area contributed by atoms with Crippen LogP contribution < -0.4 is 10.0 Å². The minimum atomic E-state index is -3.63. The van der Waals surface area contributed by atoms with E-state index in [-0.39, 0.29) is 42.2 Å². The lowest BCUT2D eigenvalue weighted by atomic mass is 9.97. The number of sulfonamides is 1. The van der Waals surface area contributed by atoms with Crippen molar-refractivity contribution in [3.8, 4) is 11.3 Å². The lowest BCUT2D eigenvalue weighted by Gasteiger charge is -2.43. The molecule has 3 atom stereocenters. The fourth-order valence-electron chi connectivity index (χ4n) is 4.92. The second-order valence-electron chi connectivity index (χ2n) is 8.84. The summed E-state index contributed by atoms with van der Waals surface area (Å²) in [5.74, 6) is -3.19. The highest BCUT2D eigenvalue weighted by atomic mass is 32.2. The van der Waals surface area contributed by atoms with Gasteiger partial charge in [0.1, 0.15) is 5.69 Å². The number of hydrogen-bond donors (Lipinski definition) is 2. The Balaban J connectivity index is 1.61. The average molecular weight is 451 g/mol. The zero-order valence-corrected chi connectivity index (χ0v) is 17.9. The molecule has 2 heterocycles. The summed E-state index contributed by atoms with van der Waals surface area (Å²) in [6.07, 6.45) is 0.756. The highest BCUT2D eigenvalue weighted by Crippen LogP contribution is 2.46. The lowest BCUT2D eigenvalue weighted by molar-refractivity contribution is -0.00603. The molecule has 1 aliphatic heterocycles. The van der Waals surface area contributed by atoms with Crippen LogP contribution in [0.2, 0.25) is 0 Å². The van der Waals surface area contributed by atoms with Gasteiger partial charge in [-0.15, -0.1) is 0 Å². The molecule has 7 nitrogen and oxygen atoms in total. The van der Waals surface area contributed by atoms with Crippen LogP contribution in [0.4, 0.5) is 14.7 Å². The maximum Gasteiger partial charge on any atom is 0.290 e. The predicted molar refractivity (Wildman–Crippen MR) is 112 cm³/mol. The molecular weight excluding hydrogens is 426 g/mol. The second kappa shape index (κ2) is 6.91. The molecule has 1 saturated heterocycles. The molecule has 0 unspecified atom stereocenters. The van der Waals surface area contributed by atoms with Crippen molar-refractivity contribution >= 4 is 16.0 Å². The molecule has 1 aromatic heterocycles. The number of hydrogen-bond acceptors (Lipinski definition) is 6. The zero-order chi connectivity index (χ0) is 22.1. The number of aliphatic hydroxyl groups is 1. The van der Waals surface area contributed by atoms with Gasteiger partial charge in [-0.25, -0.2) is 23.5 Å². The van der Waals surface area contributed by atoms with Gasteiger partial charge in [-0.05, 0) is 49.3 Å². The molecule has 1 fully saturated rings. The Morgan fingerprint density at radius 1 is 1.29 bits per heavy atom. The summed E-state index contributed by atoms with van der Waals surface area (Å²) in [5, 5.41) is 15.1. The first-order valence-corrected chi connectivity index (χ1v) is 12.1. The van der Waals surface area contributed by atoms with Gasteiger partial charge in [0.05, 0.1) is 23.6 Å². The largest absolute Gasteiger partial charge is 0.389 e. The van der Waals surface area contributed by atoms with Crippen LogP contribution >= 0.6 is 0 Å². The van der Waals surface area contributed by atoms with Crippen molar-refractivity contribution < 1.29 is 22.3 Å². The molecule has 0 saturated carbocycles. The van der Waals surface area contributed by atoms with E-state index in [1.807, 2.05) is 18.2 Å². The van der Waals surface area contributed by atoms with Crippen LogP contribution in [0, 0.1) is 0 Å². The minimum Gasteiger partial charge on any atom is -0.389 e. The van der Waals surface area contributed by atoms with Gasteiger partial charge in [0.2, 0.25) is 16.0 Å². The minimum absolute atomic E-state index is 0.141. The summed E-state index contributed by atoms with van der Waals surface area (Å²) < 4.78 is 52.5. The Morgan fingerprint density at radius 2 is 2.06 bits per heavy atom. The number of aryl methyl sites for hydroxylation is 1. The van der Waals surface area contributed by atoms with Crippen LogP contribution in [0.1, 0.15) is 48.1 Å². The first-order valence-electron chi connectivity index (χ1n) is 10.4. The molecule has 3 aliphatic rings. The topological polar surface area (TPSA) is 109 Å². The van der Waals surface area contributed by atoms with Gasteiger partial charge in [0.15, 0.2) is 0 Å². The lowest BCUT2D eigenvalue weighted by Crippen LogP contribution is -2.59. The third-order valence-electron chi connectivity index (χ3n) is 6.77. The maximum absolute atomic E-state index is 14.6. The SMILES string of the molecule is C[C@H]1[C@H](O)CN1c1nc(-c2ccc3c(c2)[C@H](CS(N)(=O)=O)CC3)c2c(n1)C(F)(F)CC2. The number of halogens is 2. The Labute approximate surface area is 179 Å². The molecule has 0 amide bonds. The fourth-order valence-corrected chi connectivity index (χ4v) is 5.83. The zero-order valence-electron chi connectivity index (χ0n) is 17.1. The van der Waals surface area contributed by atoms with E-state index >= 15 is 0 Å². The average Bonchev–Trinajstić information content (AvgIpc) is 3.24. The first kappa shape index (κ1) is 20.7. The van der Waals surface area contributed by atoms with E-state index in [2.05, 4.69) is 9.97 Å². The van der Waals surface area contributed by atoms with E-state index in [0.717, 1.165) is 17.5 Å². The number of benzene rings is 1. The number of nitrogens with two attached hydrogens (primary N) is 1. The van der Waals surface area contributed by atoms with Gasteiger partial charge < -0.3 is 10.0 Å². The van der Waals surface area contributed by atoms with Crippen LogP contribution in [-0.2, 0) is 28.8 Å². The second-order valence-corrected chi connectivity index (χ2v) is 10.5. The van der Waals surface area contributed by atoms with Gasteiger partial charge in [-0.2, -0.15) is 8.78 Å². The molecule has 0 radical (unpaired) electrons. The number of nitrogens with zero attached hydrogens (tertiary/aromatic N) is 3. The molecule has 0 spiro atoms. The number of alkyl halides is 2. The van der Waals surface area contributed by atoms with Crippen molar-refractivity contribution in [3.63, 3.8) is 0 Å². The maximum atomic E-state index is 14.6. The van der Waals surface area contributed by atoms with Crippen molar-refractivity contribution in [2.75, 3.05) is 17.2 Å². The van der Waals surface area contributed by atoms with Gasteiger partial charge in [0.25, 0.3) is 5.92 Å². The molecule has 2 aliphatic carbocycles. The predicted octanol–water partition coefficient (Wildman–Crippen LogP) is 2.07. The summed E-state index contributed by atoms with van der Waals surface area (Å²) in [5.41, 5.74) is 3.25. The van der Waals surface area contributed by atoms with Crippen LogP contribution in [0.15, 0.2) is 18.2 Å². The van der Waals surface area contributed by atoms with Crippen molar-refractivity contribution in [2.45, 2.75) is 56.6 Å². The summed E-state index contributed by atoms with van der Waals surface area (Å²) in [6, 6.07) is 5.40. The third kappa shape index (κ3) is 3.50. The van der Waals surface area contributed by atoms with E-state index in [4.69, 9.17) is 5.14 Å². The number of β-amino-alcohol motifs (C(OH)–C–C–N with tert-alkyl or cyclic N) is 1. The fraction of sp³-hybridized carbons (Fsp3) is 0.524. The summed E-state index contributed by atoms with van der Waals surface area (Å²) >= 11 is 0. The molecule has 31 heavy (non-hydrogen) atoms. The highest BCUT2D eigenvalue weighted by molar-refractivity contribution is 7.89. The smallest absolute Gasteiger partial charge is 0.290 e.